The van der Waals surface area contributed by atoms with Gasteiger partial charge in [0.25, 0.3) is 0 Å². The second-order valence-corrected chi connectivity index (χ2v) is 5.79. The van der Waals surface area contributed by atoms with E-state index in [0.717, 1.165) is 19.3 Å². The van der Waals surface area contributed by atoms with Gasteiger partial charge < -0.3 is 21.7 Å². The van der Waals surface area contributed by atoms with Gasteiger partial charge in [-0.05, 0) is 25.3 Å². The van der Waals surface area contributed by atoms with E-state index in [1.165, 1.54) is 13.3 Å². The van der Waals surface area contributed by atoms with Crippen LogP contribution in [0.3, 0.4) is 0 Å². The first-order valence-electron chi connectivity index (χ1n) is 8.03. The smallest absolute Gasteiger partial charge is 0.220 e. The van der Waals surface area contributed by atoms with Crippen molar-refractivity contribution in [2.45, 2.75) is 51.5 Å². The van der Waals surface area contributed by atoms with E-state index in [-0.39, 0.29) is 49.0 Å². The van der Waals surface area contributed by atoms with Crippen molar-refractivity contribution in [2.24, 2.45) is 11.7 Å². The van der Waals surface area contributed by atoms with Crippen LogP contribution in [0.2, 0.25) is 0 Å². The summed E-state index contributed by atoms with van der Waals surface area (Å²) < 4.78 is 0. The van der Waals surface area contributed by atoms with Crippen molar-refractivity contribution in [3.8, 4) is 0 Å². The Balaban J connectivity index is 0.00000484. The van der Waals surface area contributed by atoms with Gasteiger partial charge >= 0.3 is 0 Å². The SMILES string of the molecule is CC(=O)NCCNC(=O)CCC(=O)NC1CCCCC1CN.Cl. The average Bonchev–Trinajstić information content (AvgIpc) is 2.50. The highest BCUT2D eigenvalue weighted by molar-refractivity contribution is 5.85. The van der Waals surface area contributed by atoms with Gasteiger partial charge in [0, 0.05) is 38.9 Å². The van der Waals surface area contributed by atoms with Crippen LogP contribution in [-0.4, -0.2) is 43.4 Å². The number of nitrogens with one attached hydrogen (secondary N) is 3. The zero-order valence-corrected chi connectivity index (χ0v) is 14.5. The molecule has 1 rings (SSSR count). The number of hydrogen-bond donors (Lipinski definition) is 4. The summed E-state index contributed by atoms with van der Waals surface area (Å²) in [5, 5.41) is 8.25. The van der Waals surface area contributed by atoms with E-state index in [9.17, 15) is 14.4 Å². The summed E-state index contributed by atoms with van der Waals surface area (Å²) in [5.74, 6) is -0.0540. The zero-order valence-electron chi connectivity index (χ0n) is 13.7. The largest absolute Gasteiger partial charge is 0.355 e. The fourth-order valence-electron chi connectivity index (χ4n) is 2.71. The fourth-order valence-corrected chi connectivity index (χ4v) is 2.71. The summed E-state index contributed by atoms with van der Waals surface area (Å²) in [6.07, 6.45) is 4.66. The molecule has 0 saturated heterocycles. The lowest BCUT2D eigenvalue weighted by atomic mass is 9.84. The molecule has 0 bridgehead atoms. The normalized spacial score (nSPS) is 20.1. The average molecular weight is 349 g/mol. The molecule has 3 amide bonds. The van der Waals surface area contributed by atoms with Gasteiger partial charge in [-0.3, -0.25) is 14.4 Å². The van der Waals surface area contributed by atoms with E-state index >= 15 is 0 Å². The van der Waals surface area contributed by atoms with Crippen molar-refractivity contribution in [1.29, 1.82) is 0 Å². The molecule has 0 aliphatic heterocycles. The van der Waals surface area contributed by atoms with E-state index in [0.29, 0.717) is 25.6 Å². The molecule has 23 heavy (non-hydrogen) atoms. The van der Waals surface area contributed by atoms with Gasteiger partial charge in [0.1, 0.15) is 0 Å². The maximum Gasteiger partial charge on any atom is 0.220 e. The molecule has 134 valence electrons. The molecular formula is C15H29ClN4O3. The third-order valence-electron chi connectivity index (χ3n) is 3.96. The van der Waals surface area contributed by atoms with Gasteiger partial charge in [0.2, 0.25) is 17.7 Å². The standard InChI is InChI=1S/C15H28N4O3.ClH/c1-11(20)17-8-9-18-14(21)6-7-15(22)19-13-5-3-2-4-12(13)10-16;/h12-13H,2-10,16H2,1H3,(H,17,20)(H,18,21)(H,19,22);1H. The van der Waals surface area contributed by atoms with Crippen LogP contribution in [0.5, 0.6) is 0 Å². The van der Waals surface area contributed by atoms with E-state index < -0.39 is 0 Å². The van der Waals surface area contributed by atoms with Gasteiger partial charge in [0.15, 0.2) is 0 Å². The Morgan fingerprint density at radius 2 is 1.61 bits per heavy atom. The number of carbonyl (C=O) groups excluding carboxylic acids is 3. The molecule has 1 aliphatic rings. The van der Waals surface area contributed by atoms with E-state index in [1.54, 1.807) is 0 Å². The molecule has 0 aromatic heterocycles. The van der Waals surface area contributed by atoms with Crippen molar-refractivity contribution in [3.63, 3.8) is 0 Å². The van der Waals surface area contributed by atoms with Crippen LogP contribution >= 0.6 is 12.4 Å². The van der Waals surface area contributed by atoms with E-state index in [4.69, 9.17) is 5.73 Å². The summed E-state index contributed by atoms with van der Waals surface area (Å²) in [7, 11) is 0. The van der Waals surface area contributed by atoms with Crippen LogP contribution in [-0.2, 0) is 14.4 Å². The summed E-state index contributed by atoms with van der Waals surface area (Å²) in [4.78, 5) is 34.1. The molecular weight excluding hydrogens is 320 g/mol. The predicted octanol–water partition coefficient (Wildman–Crippen LogP) is 0.0744. The number of halogens is 1. The molecule has 5 N–H and O–H groups in total. The Kier molecular flexibility index (Phi) is 11.4. The van der Waals surface area contributed by atoms with Crippen LogP contribution in [0.15, 0.2) is 0 Å². The first-order chi connectivity index (χ1) is 10.5. The van der Waals surface area contributed by atoms with E-state index in [2.05, 4.69) is 16.0 Å². The van der Waals surface area contributed by atoms with Crippen LogP contribution < -0.4 is 21.7 Å². The third kappa shape index (κ3) is 9.40. The predicted molar refractivity (Wildman–Crippen MR) is 91.1 cm³/mol. The summed E-state index contributed by atoms with van der Waals surface area (Å²) in [5.41, 5.74) is 5.74. The first kappa shape index (κ1) is 21.7. The first-order valence-corrected chi connectivity index (χ1v) is 8.03. The van der Waals surface area contributed by atoms with Crippen molar-refractivity contribution in [3.05, 3.63) is 0 Å². The highest BCUT2D eigenvalue weighted by atomic mass is 35.5. The van der Waals surface area contributed by atoms with Crippen molar-refractivity contribution >= 4 is 30.1 Å². The van der Waals surface area contributed by atoms with Crippen molar-refractivity contribution in [1.82, 2.24) is 16.0 Å². The molecule has 0 spiro atoms. The Bertz CT molecular complexity index is 393. The van der Waals surface area contributed by atoms with Crippen molar-refractivity contribution < 1.29 is 14.4 Å². The van der Waals surface area contributed by atoms with E-state index in [1.807, 2.05) is 0 Å². The molecule has 0 aromatic carbocycles. The number of amides is 3. The lowest BCUT2D eigenvalue weighted by Crippen LogP contribution is -2.45. The van der Waals surface area contributed by atoms with Crippen LogP contribution in [0.1, 0.15) is 45.4 Å². The highest BCUT2D eigenvalue weighted by Gasteiger charge is 2.25. The van der Waals surface area contributed by atoms with Gasteiger partial charge in [-0.2, -0.15) is 0 Å². The fraction of sp³-hybridized carbons (Fsp3) is 0.800. The third-order valence-corrected chi connectivity index (χ3v) is 3.96. The van der Waals surface area contributed by atoms with Gasteiger partial charge in [0.05, 0.1) is 0 Å². The van der Waals surface area contributed by atoms with Gasteiger partial charge in [-0.15, -0.1) is 12.4 Å². The van der Waals surface area contributed by atoms with Crippen LogP contribution in [0.25, 0.3) is 0 Å². The molecule has 7 nitrogen and oxygen atoms in total. The monoisotopic (exact) mass is 348 g/mol. The van der Waals surface area contributed by atoms with Crippen LogP contribution in [0, 0.1) is 5.92 Å². The molecule has 8 heteroatoms. The molecule has 0 radical (unpaired) electrons. The minimum atomic E-state index is -0.181. The molecule has 1 aliphatic carbocycles. The van der Waals surface area contributed by atoms with Gasteiger partial charge in [-0.25, -0.2) is 0 Å². The molecule has 1 saturated carbocycles. The maximum absolute atomic E-state index is 11.9. The highest BCUT2D eigenvalue weighted by Crippen LogP contribution is 2.23. The summed E-state index contributed by atoms with van der Waals surface area (Å²) in [6, 6.07) is 0.147. The second kappa shape index (κ2) is 12.1. The number of rotatable bonds is 8. The summed E-state index contributed by atoms with van der Waals surface area (Å²) in [6.45, 7) is 2.78. The lowest BCUT2D eigenvalue weighted by Gasteiger charge is -2.31. The van der Waals surface area contributed by atoms with Gasteiger partial charge in [-0.1, -0.05) is 12.8 Å². The minimum Gasteiger partial charge on any atom is -0.355 e. The molecule has 0 aromatic rings. The number of carbonyl (C=O) groups is 3. The maximum atomic E-state index is 11.9. The quantitative estimate of drug-likeness (QED) is 0.465. The molecule has 2 unspecified atom stereocenters. The number of nitrogens with two attached hydrogens (primary N) is 1. The molecule has 0 heterocycles. The van der Waals surface area contributed by atoms with Crippen molar-refractivity contribution in [2.75, 3.05) is 19.6 Å². The Morgan fingerprint density at radius 1 is 1.00 bits per heavy atom. The molecule has 2 atom stereocenters. The second-order valence-electron chi connectivity index (χ2n) is 5.79. The molecule has 1 fully saturated rings. The number of hydrogen-bond acceptors (Lipinski definition) is 4. The Labute approximate surface area is 143 Å². The lowest BCUT2D eigenvalue weighted by molar-refractivity contribution is -0.127. The zero-order chi connectivity index (χ0) is 16.4. The topological polar surface area (TPSA) is 113 Å². The Hall–Kier alpha value is -1.34. The minimum absolute atomic E-state index is 0. The van der Waals surface area contributed by atoms with Crippen LogP contribution in [0.4, 0.5) is 0 Å². The summed E-state index contributed by atoms with van der Waals surface area (Å²) >= 11 is 0. The Morgan fingerprint density at radius 3 is 2.26 bits per heavy atom.